The Labute approximate surface area is 298 Å². The average molecular weight is 731 g/mol. The molecule has 5 aliphatic rings. The molecule has 1 unspecified atom stereocenters. The predicted octanol–water partition coefficient (Wildman–Crippen LogP) is 7.02. The third kappa shape index (κ3) is 6.63. The van der Waals surface area contributed by atoms with Gasteiger partial charge in [-0.05, 0) is 85.4 Å². The molecular weight excluding hydrogens is 686 g/mol. The van der Waals surface area contributed by atoms with E-state index in [9.17, 15) is 22.6 Å². The number of nitrogens with one attached hydrogen (secondary N) is 1. The maximum atomic E-state index is 14.4. The van der Waals surface area contributed by atoms with Crippen LogP contribution < -0.4 is 14.4 Å². The maximum Gasteiger partial charge on any atom is 0.329 e. The van der Waals surface area contributed by atoms with Gasteiger partial charge in [-0.1, -0.05) is 43.7 Å². The van der Waals surface area contributed by atoms with Crippen LogP contribution in [0.3, 0.4) is 0 Å². The number of amides is 3. The largest absolute Gasteiger partial charge is 0.490 e. The zero-order valence-electron chi connectivity index (χ0n) is 28.8. The van der Waals surface area contributed by atoms with Gasteiger partial charge in [-0.25, -0.2) is 17.8 Å². The molecule has 270 valence electrons. The minimum atomic E-state index is -3.64. The third-order valence-corrected chi connectivity index (χ3v) is 13.5. The van der Waals surface area contributed by atoms with Crippen LogP contribution >= 0.6 is 11.6 Å². The number of hydrogen-bond acceptors (Lipinski definition) is 6. The molecule has 13 heteroatoms. The highest BCUT2D eigenvalue weighted by Gasteiger charge is 2.76. The van der Waals surface area contributed by atoms with Crippen molar-refractivity contribution in [3.8, 4) is 5.75 Å². The molecule has 1 saturated heterocycles. The van der Waals surface area contributed by atoms with Crippen molar-refractivity contribution in [2.24, 2.45) is 21.6 Å². The first kappa shape index (κ1) is 35.2. The molecule has 0 aromatic heterocycles. The first-order chi connectivity index (χ1) is 23.7. The fourth-order valence-corrected chi connectivity index (χ4v) is 10.3. The van der Waals surface area contributed by atoms with Gasteiger partial charge in [0.15, 0.2) is 0 Å². The van der Waals surface area contributed by atoms with Gasteiger partial charge in [0.2, 0.25) is 0 Å². The fourth-order valence-electron chi connectivity index (χ4n) is 8.25. The van der Waals surface area contributed by atoms with Gasteiger partial charge >= 0.3 is 6.03 Å². The standard InChI is InChI=1S/C37H45ClF2N4O5S/c1-24-6-4-8-31(48-3)25(2)13-15-43-20-35(14-5-7-26-16-28(38)10-11-29(26)35)23-49-32-12-9-27(17-30(32)43)33(45)41-50(47,18-24)42-34(46)44-21-36(22-44)19-37(36,39)40/h4,8-12,16-17,24-25,31H,5-7,13-15,18-23H2,1-3H3,(H,41,42,45,46,47)/b8-4+/t24-,25+,31-,35-,50?/m0/s1. The monoisotopic (exact) mass is 730 g/mol. The van der Waals surface area contributed by atoms with Gasteiger partial charge in [-0.2, -0.15) is 0 Å². The van der Waals surface area contributed by atoms with E-state index in [1.54, 1.807) is 25.3 Å². The Hall–Kier alpha value is -3.22. The fraction of sp³-hybridized carbons (Fsp3) is 0.568. The van der Waals surface area contributed by atoms with Crippen LogP contribution in [0.2, 0.25) is 5.02 Å². The molecule has 2 aromatic rings. The van der Waals surface area contributed by atoms with Crippen LogP contribution in [0, 0.1) is 17.3 Å². The first-order valence-electron chi connectivity index (χ1n) is 17.5. The number of aryl methyl sites for hydroxylation is 1. The Kier molecular flexibility index (Phi) is 9.21. The number of methoxy groups -OCH3 is 1. The van der Waals surface area contributed by atoms with E-state index in [1.807, 2.05) is 25.1 Å². The van der Waals surface area contributed by atoms with E-state index in [2.05, 4.69) is 33.0 Å². The maximum absolute atomic E-state index is 14.4. The van der Waals surface area contributed by atoms with Crippen molar-refractivity contribution in [2.45, 2.75) is 69.8 Å². The molecule has 3 heterocycles. The lowest BCUT2D eigenvalue weighted by Gasteiger charge is -2.41. The van der Waals surface area contributed by atoms with E-state index >= 15 is 0 Å². The summed E-state index contributed by atoms with van der Waals surface area (Å²) in [6, 6.07) is 10.5. The second-order valence-corrected chi connectivity index (χ2v) is 17.6. The van der Waals surface area contributed by atoms with Crippen LogP contribution in [-0.2, 0) is 26.5 Å². The number of urea groups is 1. The number of fused-ring (bicyclic) bond motifs is 3. The van der Waals surface area contributed by atoms with Gasteiger partial charge in [-0.15, -0.1) is 4.36 Å². The molecule has 2 aromatic carbocycles. The van der Waals surface area contributed by atoms with Crippen LogP contribution in [0.1, 0.15) is 67.4 Å². The van der Waals surface area contributed by atoms with Crippen molar-refractivity contribution in [2.75, 3.05) is 50.5 Å². The number of benzene rings is 2. The van der Waals surface area contributed by atoms with E-state index in [0.29, 0.717) is 36.9 Å². The summed E-state index contributed by atoms with van der Waals surface area (Å²) in [7, 11) is -1.94. The van der Waals surface area contributed by atoms with E-state index in [0.717, 1.165) is 31.4 Å². The van der Waals surface area contributed by atoms with Gasteiger partial charge in [0, 0.05) is 55.7 Å². The number of alkyl halides is 2. The molecule has 1 saturated carbocycles. The number of carbonyl (C=O) groups is 2. The molecule has 2 spiro atoms. The van der Waals surface area contributed by atoms with Crippen LogP contribution in [-0.4, -0.2) is 78.7 Å². The first-order valence-corrected chi connectivity index (χ1v) is 19.5. The number of ether oxygens (including phenoxy) is 2. The molecule has 2 bridgehead atoms. The van der Waals surface area contributed by atoms with Gasteiger partial charge in [0.1, 0.15) is 15.7 Å². The number of halogens is 3. The SMILES string of the molecule is CO[C@H]1/C=C/C[C@H](C)CS(=O)(NC(=O)N2CC3(C2)CC3(F)F)=NC(=O)c2ccc3c(c2)N(CC[C@H]1C)C[C@@]1(CCCc2cc(Cl)ccc21)CO3. The van der Waals surface area contributed by atoms with Crippen molar-refractivity contribution in [1.29, 1.82) is 0 Å². The van der Waals surface area contributed by atoms with E-state index in [4.69, 9.17) is 21.1 Å². The molecule has 7 rings (SSSR count). The molecule has 50 heavy (non-hydrogen) atoms. The zero-order valence-corrected chi connectivity index (χ0v) is 30.3. The second kappa shape index (κ2) is 13.1. The number of hydrogen-bond donors (Lipinski definition) is 1. The Balaban J connectivity index is 1.24. The summed E-state index contributed by atoms with van der Waals surface area (Å²) in [6.07, 6.45) is 7.78. The van der Waals surface area contributed by atoms with Gasteiger partial charge in [0.25, 0.3) is 11.8 Å². The average Bonchev–Trinajstić information content (AvgIpc) is 3.68. The molecule has 2 aliphatic carbocycles. The summed E-state index contributed by atoms with van der Waals surface area (Å²) in [6.45, 7) is 5.58. The molecule has 0 radical (unpaired) electrons. The highest BCUT2D eigenvalue weighted by Crippen LogP contribution is 2.65. The van der Waals surface area contributed by atoms with Crippen molar-refractivity contribution >= 4 is 39.1 Å². The molecule has 1 N–H and O–H groups in total. The Morgan fingerprint density at radius 3 is 2.68 bits per heavy atom. The number of nitrogens with zero attached hydrogens (tertiary/aromatic N) is 3. The summed E-state index contributed by atoms with van der Waals surface area (Å²) < 4.78 is 61.2. The summed E-state index contributed by atoms with van der Waals surface area (Å²) in [5, 5.41) is 0.712. The minimum absolute atomic E-state index is 0.0940. The van der Waals surface area contributed by atoms with Crippen LogP contribution in [0.4, 0.5) is 19.3 Å². The third-order valence-electron chi connectivity index (χ3n) is 11.3. The van der Waals surface area contributed by atoms with Crippen LogP contribution in [0.5, 0.6) is 5.75 Å². The van der Waals surface area contributed by atoms with Crippen molar-refractivity contribution < 1.29 is 32.1 Å². The number of likely N-dealkylation sites (tertiary alicyclic amines) is 1. The highest BCUT2D eigenvalue weighted by molar-refractivity contribution is 7.92. The Bertz CT molecular complexity index is 1840. The Morgan fingerprint density at radius 2 is 1.94 bits per heavy atom. The minimum Gasteiger partial charge on any atom is -0.490 e. The molecule has 3 amide bonds. The molecule has 9 nitrogen and oxygen atoms in total. The van der Waals surface area contributed by atoms with Crippen LogP contribution in [0.15, 0.2) is 52.9 Å². The van der Waals surface area contributed by atoms with E-state index < -0.39 is 33.2 Å². The van der Waals surface area contributed by atoms with E-state index in [1.165, 1.54) is 16.0 Å². The molecule has 2 fully saturated rings. The van der Waals surface area contributed by atoms with Crippen LogP contribution in [0.25, 0.3) is 0 Å². The second-order valence-electron chi connectivity index (χ2n) is 15.2. The van der Waals surface area contributed by atoms with Gasteiger partial charge in [-0.3, -0.25) is 9.52 Å². The molecular formula is C37H45ClF2N4O5S. The number of allylic oxidation sites excluding steroid dienone is 1. The van der Waals surface area contributed by atoms with Crippen molar-refractivity contribution in [1.82, 2.24) is 9.62 Å². The summed E-state index contributed by atoms with van der Waals surface area (Å²) in [5.74, 6) is -3.05. The molecule has 5 atom stereocenters. The summed E-state index contributed by atoms with van der Waals surface area (Å²) in [4.78, 5) is 30.5. The van der Waals surface area contributed by atoms with Crippen molar-refractivity contribution in [3.63, 3.8) is 0 Å². The number of anilines is 1. The Morgan fingerprint density at radius 1 is 1.16 bits per heavy atom. The van der Waals surface area contributed by atoms with Gasteiger partial charge < -0.3 is 19.3 Å². The number of rotatable bonds is 2. The normalized spacial score (nSPS) is 32.2. The van der Waals surface area contributed by atoms with Crippen molar-refractivity contribution in [3.05, 3.63) is 70.3 Å². The lowest BCUT2D eigenvalue weighted by Crippen LogP contribution is -2.58. The quantitative estimate of drug-likeness (QED) is 0.334. The zero-order chi connectivity index (χ0) is 35.5. The van der Waals surface area contributed by atoms with E-state index in [-0.39, 0.29) is 54.2 Å². The lowest BCUT2D eigenvalue weighted by molar-refractivity contribution is -0.00404. The topological polar surface area (TPSA) is 101 Å². The summed E-state index contributed by atoms with van der Waals surface area (Å²) in [5.41, 5.74) is 1.93. The predicted molar refractivity (Wildman–Crippen MR) is 190 cm³/mol. The highest BCUT2D eigenvalue weighted by atomic mass is 35.5. The molecule has 3 aliphatic heterocycles. The number of carbonyl (C=O) groups excluding carboxylic acids is 2. The summed E-state index contributed by atoms with van der Waals surface area (Å²) >= 11 is 6.41. The smallest absolute Gasteiger partial charge is 0.329 e. The van der Waals surface area contributed by atoms with Gasteiger partial charge in [0.05, 0.1) is 29.6 Å². The lowest BCUT2D eigenvalue weighted by atomic mass is 9.70.